The molecule has 1 aromatic heterocycles. The maximum Gasteiger partial charge on any atom is 0.324 e. The lowest BCUT2D eigenvalue weighted by atomic mass is 10.1. The minimum absolute atomic E-state index is 0. The van der Waals surface area contributed by atoms with Gasteiger partial charge in [-0.3, -0.25) is 10.1 Å². The first-order valence-electron chi connectivity index (χ1n) is 4.15. The quantitative estimate of drug-likeness (QED) is 0.646. The second-order valence-electron chi connectivity index (χ2n) is 2.83. The highest BCUT2D eigenvalue weighted by atomic mass is 35.5. The molecule has 0 aliphatic heterocycles. The van der Waals surface area contributed by atoms with Gasteiger partial charge < -0.3 is 5.73 Å². The van der Waals surface area contributed by atoms with Crippen molar-refractivity contribution in [2.45, 2.75) is 25.8 Å². The molecule has 0 fully saturated rings. The van der Waals surface area contributed by atoms with E-state index in [-0.39, 0.29) is 28.4 Å². The number of nitrogens with zero attached hydrogens (tertiary/aromatic N) is 1. The van der Waals surface area contributed by atoms with Gasteiger partial charge in [0.15, 0.2) is 0 Å². The number of nitro groups is 1. The van der Waals surface area contributed by atoms with Crippen molar-refractivity contribution in [3.63, 3.8) is 0 Å². The second-order valence-corrected chi connectivity index (χ2v) is 3.92. The third kappa shape index (κ3) is 3.25. The van der Waals surface area contributed by atoms with E-state index in [1.807, 2.05) is 6.92 Å². The van der Waals surface area contributed by atoms with Crippen LogP contribution in [-0.2, 0) is 0 Å². The van der Waals surface area contributed by atoms with Crippen molar-refractivity contribution >= 4 is 28.7 Å². The Labute approximate surface area is 92.7 Å². The Balaban J connectivity index is 0.00000169. The molecule has 0 radical (unpaired) electrons. The standard InChI is InChI=1S/C8H12N2O2S.ClH/c1-2-3-6(9)7-4-5-8(13-7)10(11)12;/h4-6H,2-3,9H2,1H3;1H/t6-;/m1./s1. The van der Waals surface area contributed by atoms with Crippen LogP contribution in [0, 0.1) is 10.1 Å². The topological polar surface area (TPSA) is 69.2 Å². The largest absolute Gasteiger partial charge is 0.324 e. The van der Waals surface area contributed by atoms with Gasteiger partial charge >= 0.3 is 5.00 Å². The van der Waals surface area contributed by atoms with E-state index < -0.39 is 0 Å². The van der Waals surface area contributed by atoms with E-state index in [2.05, 4.69) is 0 Å². The fourth-order valence-corrected chi connectivity index (χ4v) is 1.95. The van der Waals surface area contributed by atoms with Crippen LogP contribution in [0.3, 0.4) is 0 Å². The molecule has 1 heterocycles. The van der Waals surface area contributed by atoms with E-state index in [1.165, 1.54) is 6.07 Å². The second kappa shape index (κ2) is 5.95. The molecule has 0 aliphatic carbocycles. The Morgan fingerprint density at radius 2 is 2.29 bits per heavy atom. The van der Waals surface area contributed by atoms with Crippen molar-refractivity contribution in [3.05, 3.63) is 27.1 Å². The van der Waals surface area contributed by atoms with Gasteiger partial charge in [-0.2, -0.15) is 0 Å². The van der Waals surface area contributed by atoms with E-state index >= 15 is 0 Å². The predicted octanol–water partition coefficient (Wildman–Crippen LogP) is 2.88. The monoisotopic (exact) mass is 236 g/mol. The summed E-state index contributed by atoms with van der Waals surface area (Å²) in [6.07, 6.45) is 1.87. The van der Waals surface area contributed by atoms with Crippen LogP contribution in [0.2, 0.25) is 0 Å². The lowest BCUT2D eigenvalue weighted by molar-refractivity contribution is -0.380. The maximum atomic E-state index is 10.4. The van der Waals surface area contributed by atoms with Crippen LogP contribution in [0.1, 0.15) is 30.7 Å². The third-order valence-corrected chi connectivity index (χ3v) is 2.93. The molecule has 0 saturated carbocycles. The fraction of sp³-hybridized carbons (Fsp3) is 0.500. The van der Waals surface area contributed by atoms with Crippen molar-refractivity contribution in [2.75, 3.05) is 0 Å². The van der Waals surface area contributed by atoms with Crippen LogP contribution in [0.15, 0.2) is 12.1 Å². The highest BCUT2D eigenvalue weighted by Crippen LogP contribution is 2.29. The molecule has 2 N–H and O–H groups in total. The van der Waals surface area contributed by atoms with E-state index in [1.54, 1.807) is 6.07 Å². The van der Waals surface area contributed by atoms with Crippen molar-refractivity contribution in [3.8, 4) is 0 Å². The molecular weight excluding hydrogens is 224 g/mol. The van der Waals surface area contributed by atoms with Gasteiger partial charge in [0, 0.05) is 17.0 Å². The van der Waals surface area contributed by atoms with Gasteiger partial charge in [-0.1, -0.05) is 24.7 Å². The van der Waals surface area contributed by atoms with E-state index in [4.69, 9.17) is 5.73 Å². The number of thiophene rings is 1. The Morgan fingerprint density at radius 1 is 1.64 bits per heavy atom. The summed E-state index contributed by atoms with van der Waals surface area (Å²) in [6.45, 7) is 2.04. The summed E-state index contributed by atoms with van der Waals surface area (Å²) in [5, 5.41) is 10.5. The molecule has 14 heavy (non-hydrogen) atoms. The zero-order chi connectivity index (χ0) is 9.84. The molecule has 1 atom stereocenters. The van der Waals surface area contributed by atoms with Crippen molar-refractivity contribution in [1.82, 2.24) is 0 Å². The summed E-state index contributed by atoms with van der Waals surface area (Å²) < 4.78 is 0. The molecule has 0 spiro atoms. The summed E-state index contributed by atoms with van der Waals surface area (Å²) in [6, 6.07) is 3.20. The highest BCUT2D eigenvalue weighted by Gasteiger charge is 2.13. The lowest BCUT2D eigenvalue weighted by Crippen LogP contribution is -2.07. The van der Waals surface area contributed by atoms with Crippen molar-refractivity contribution in [1.29, 1.82) is 0 Å². The number of halogens is 1. The average molecular weight is 237 g/mol. The van der Waals surface area contributed by atoms with Gasteiger partial charge in [-0.15, -0.1) is 12.4 Å². The first-order chi connectivity index (χ1) is 6.15. The van der Waals surface area contributed by atoms with Crippen LogP contribution in [-0.4, -0.2) is 4.92 Å². The summed E-state index contributed by atoms with van der Waals surface area (Å²) in [5.74, 6) is 0. The molecule has 80 valence electrons. The summed E-state index contributed by atoms with van der Waals surface area (Å²) >= 11 is 1.16. The van der Waals surface area contributed by atoms with Gasteiger partial charge in [-0.25, -0.2) is 0 Å². The number of rotatable bonds is 4. The Bertz CT molecular complexity index is 303. The van der Waals surface area contributed by atoms with E-state index in [0.717, 1.165) is 29.1 Å². The molecular formula is C8H13ClN2O2S. The number of nitrogens with two attached hydrogens (primary N) is 1. The SMILES string of the molecule is CCC[C@@H](N)c1ccc([N+](=O)[O-])s1.Cl. The first-order valence-corrected chi connectivity index (χ1v) is 4.96. The van der Waals surface area contributed by atoms with Gasteiger partial charge in [0.25, 0.3) is 0 Å². The number of hydrogen-bond donors (Lipinski definition) is 1. The molecule has 0 unspecified atom stereocenters. The van der Waals surface area contributed by atoms with Crippen molar-refractivity contribution in [2.24, 2.45) is 5.73 Å². The van der Waals surface area contributed by atoms with Gasteiger partial charge in [-0.05, 0) is 12.5 Å². The van der Waals surface area contributed by atoms with E-state index in [0.29, 0.717) is 0 Å². The smallest absolute Gasteiger partial charge is 0.323 e. The first kappa shape index (κ1) is 13.4. The molecule has 0 aliphatic rings. The molecule has 4 nitrogen and oxygen atoms in total. The lowest BCUT2D eigenvalue weighted by Gasteiger charge is -2.05. The van der Waals surface area contributed by atoms with Crippen LogP contribution >= 0.6 is 23.7 Å². The van der Waals surface area contributed by atoms with E-state index in [9.17, 15) is 10.1 Å². The van der Waals surface area contributed by atoms with Crippen LogP contribution < -0.4 is 5.73 Å². The molecule has 1 aromatic rings. The number of hydrogen-bond acceptors (Lipinski definition) is 4. The Hall–Kier alpha value is -0.650. The molecule has 0 amide bonds. The third-order valence-electron chi connectivity index (χ3n) is 1.76. The van der Waals surface area contributed by atoms with Gasteiger partial charge in [0.2, 0.25) is 0 Å². The van der Waals surface area contributed by atoms with Crippen LogP contribution in [0.4, 0.5) is 5.00 Å². The average Bonchev–Trinajstić information content (AvgIpc) is 2.52. The summed E-state index contributed by atoms with van der Waals surface area (Å²) in [4.78, 5) is 10.9. The van der Waals surface area contributed by atoms with Gasteiger partial charge in [0.1, 0.15) is 0 Å². The molecule has 6 heteroatoms. The Morgan fingerprint density at radius 3 is 2.71 bits per heavy atom. The van der Waals surface area contributed by atoms with Gasteiger partial charge in [0.05, 0.1) is 4.92 Å². The summed E-state index contributed by atoms with van der Waals surface area (Å²) in [7, 11) is 0. The maximum absolute atomic E-state index is 10.4. The molecule has 1 rings (SSSR count). The minimum atomic E-state index is -0.382. The minimum Gasteiger partial charge on any atom is -0.323 e. The van der Waals surface area contributed by atoms with Crippen LogP contribution in [0.25, 0.3) is 0 Å². The molecule has 0 bridgehead atoms. The fourth-order valence-electron chi connectivity index (χ4n) is 1.09. The molecule has 0 saturated heterocycles. The molecule has 0 aromatic carbocycles. The Kier molecular flexibility index (Phi) is 5.68. The van der Waals surface area contributed by atoms with Crippen molar-refractivity contribution < 1.29 is 4.92 Å². The highest BCUT2D eigenvalue weighted by molar-refractivity contribution is 7.15. The zero-order valence-electron chi connectivity index (χ0n) is 7.80. The van der Waals surface area contributed by atoms with Crippen LogP contribution in [0.5, 0.6) is 0 Å². The predicted molar refractivity (Wildman–Crippen MR) is 60.1 cm³/mol. The zero-order valence-corrected chi connectivity index (χ0v) is 9.44. The normalized spacial score (nSPS) is 11.9. The summed E-state index contributed by atoms with van der Waals surface area (Å²) in [5.41, 5.74) is 5.81.